The van der Waals surface area contributed by atoms with Crippen molar-refractivity contribution < 1.29 is 19.4 Å². The van der Waals surface area contributed by atoms with Gasteiger partial charge in [0, 0.05) is 27.3 Å². The predicted octanol–water partition coefficient (Wildman–Crippen LogP) is 1.09. The van der Waals surface area contributed by atoms with Gasteiger partial charge in [0.1, 0.15) is 0 Å². The van der Waals surface area contributed by atoms with Crippen molar-refractivity contribution in [1.29, 1.82) is 0 Å². The molecule has 0 saturated carbocycles. The Labute approximate surface area is 100 Å². The predicted molar refractivity (Wildman–Crippen MR) is 62.9 cm³/mol. The summed E-state index contributed by atoms with van der Waals surface area (Å²) in [4.78, 5) is 10.6. The fourth-order valence-corrected chi connectivity index (χ4v) is 1.36. The van der Waals surface area contributed by atoms with Crippen LogP contribution in [-0.4, -0.2) is 38.1 Å². The molecule has 2 N–H and O–H groups in total. The summed E-state index contributed by atoms with van der Waals surface area (Å²) in [6.07, 6.45) is -0.270. The van der Waals surface area contributed by atoms with E-state index in [0.29, 0.717) is 18.7 Å². The molecular formula is C12H17NO4. The minimum Gasteiger partial charge on any atom is -0.478 e. The van der Waals surface area contributed by atoms with Crippen LogP contribution in [0.1, 0.15) is 15.9 Å². The average molecular weight is 239 g/mol. The second-order valence-corrected chi connectivity index (χ2v) is 3.53. The number of ether oxygens (including phenoxy) is 2. The molecule has 0 spiro atoms. The first-order valence-electron chi connectivity index (χ1n) is 5.26. The molecule has 0 radical (unpaired) electrons. The van der Waals surface area contributed by atoms with Gasteiger partial charge in [-0.25, -0.2) is 4.79 Å². The normalized spacial score (nSPS) is 10.8. The van der Waals surface area contributed by atoms with Gasteiger partial charge in [0.2, 0.25) is 0 Å². The molecule has 1 rings (SSSR count). The largest absolute Gasteiger partial charge is 0.478 e. The number of aromatic carboxylic acids is 1. The van der Waals surface area contributed by atoms with Gasteiger partial charge in [0.15, 0.2) is 6.29 Å². The molecule has 17 heavy (non-hydrogen) atoms. The van der Waals surface area contributed by atoms with Gasteiger partial charge in [-0.3, -0.25) is 0 Å². The van der Waals surface area contributed by atoms with Crippen LogP contribution >= 0.6 is 0 Å². The molecule has 0 atom stereocenters. The van der Waals surface area contributed by atoms with Crippen molar-refractivity contribution >= 4 is 5.97 Å². The standard InChI is InChI=1S/C12H17NO4/c1-16-11(17-2)8-13-7-9-3-5-10(6-4-9)12(14)15/h3-6,11,13H,7-8H2,1-2H3,(H,14,15). The van der Waals surface area contributed by atoms with E-state index in [4.69, 9.17) is 14.6 Å². The van der Waals surface area contributed by atoms with Gasteiger partial charge < -0.3 is 19.9 Å². The summed E-state index contributed by atoms with van der Waals surface area (Å²) in [5, 5.41) is 11.9. The van der Waals surface area contributed by atoms with E-state index in [9.17, 15) is 4.79 Å². The maximum absolute atomic E-state index is 10.6. The molecule has 0 heterocycles. The van der Waals surface area contributed by atoms with E-state index in [0.717, 1.165) is 5.56 Å². The van der Waals surface area contributed by atoms with Gasteiger partial charge in [0.05, 0.1) is 5.56 Å². The first kappa shape index (κ1) is 13.6. The Bertz CT molecular complexity index is 346. The van der Waals surface area contributed by atoms with Crippen molar-refractivity contribution in [2.45, 2.75) is 12.8 Å². The maximum atomic E-state index is 10.6. The van der Waals surface area contributed by atoms with Gasteiger partial charge in [-0.15, -0.1) is 0 Å². The van der Waals surface area contributed by atoms with E-state index in [-0.39, 0.29) is 6.29 Å². The van der Waals surface area contributed by atoms with E-state index in [1.54, 1.807) is 38.5 Å². The summed E-state index contributed by atoms with van der Waals surface area (Å²) >= 11 is 0. The second kappa shape index (κ2) is 7.01. The second-order valence-electron chi connectivity index (χ2n) is 3.53. The fraction of sp³-hybridized carbons (Fsp3) is 0.417. The van der Waals surface area contributed by atoms with Gasteiger partial charge >= 0.3 is 5.97 Å². The highest BCUT2D eigenvalue weighted by Crippen LogP contribution is 2.04. The zero-order valence-electron chi connectivity index (χ0n) is 9.97. The Morgan fingerprint density at radius 2 is 1.88 bits per heavy atom. The van der Waals surface area contributed by atoms with E-state index < -0.39 is 5.97 Å². The maximum Gasteiger partial charge on any atom is 0.335 e. The molecule has 0 bridgehead atoms. The van der Waals surface area contributed by atoms with Crippen LogP contribution < -0.4 is 5.32 Å². The van der Waals surface area contributed by atoms with Gasteiger partial charge in [-0.1, -0.05) is 12.1 Å². The number of benzene rings is 1. The molecule has 0 amide bonds. The molecule has 0 aliphatic carbocycles. The molecule has 5 heteroatoms. The number of hydrogen-bond acceptors (Lipinski definition) is 4. The van der Waals surface area contributed by atoms with Gasteiger partial charge in [0.25, 0.3) is 0 Å². The van der Waals surface area contributed by atoms with E-state index in [2.05, 4.69) is 5.32 Å². The van der Waals surface area contributed by atoms with Crippen molar-refractivity contribution in [3.8, 4) is 0 Å². The summed E-state index contributed by atoms with van der Waals surface area (Å²) < 4.78 is 10.1. The highest BCUT2D eigenvalue weighted by atomic mass is 16.7. The lowest BCUT2D eigenvalue weighted by atomic mass is 10.1. The molecule has 0 fully saturated rings. The number of carbonyl (C=O) groups is 1. The number of carboxylic acids is 1. The lowest BCUT2D eigenvalue weighted by Crippen LogP contribution is -2.29. The SMILES string of the molecule is COC(CNCc1ccc(C(=O)O)cc1)OC. The summed E-state index contributed by atoms with van der Waals surface area (Å²) in [6.45, 7) is 1.22. The molecule has 0 aliphatic heterocycles. The lowest BCUT2D eigenvalue weighted by molar-refractivity contribution is -0.0989. The Balaban J connectivity index is 2.39. The van der Waals surface area contributed by atoms with Crippen molar-refractivity contribution in [2.24, 2.45) is 0 Å². The Morgan fingerprint density at radius 3 is 2.35 bits per heavy atom. The first-order valence-corrected chi connectivity index (χ1v) is 5.26. The summed E-state index contributed by atoms with van der Waals surface area (Å²) in [6, 6.07) is 6.74. The van der Waals surface area contributed by atoms with Crippen molar-refractivity contribution in [3.05, 3.63) is 35.4 Å². The monoisotopic (exact) mass is 239 g/mol. The van der Waals surface area contributed by atoms with E-state index >= 15 is 0 Å². The van der Waals surface area contributed by atoms with Crippen LogP contribution in [0, 0.1) is 0 Å². The highest BCUT2D eigenvalue weighted by molar-refractivity contribution is 5.87. The molecule has 0 unspecified atom stereocenters. The van der Waals surface area contributed by atoms with Gasteiger partial charge in [-0.05, 0) is 17.7 Å². The van der Waals surface area contributed by atoms with Crippen LogP contribution in [-0.2, 0) is 16.0 Å². The summed E-state index contributed by atoms with van der Waals surface area (Å²) in [7, 11) is 3.16. The quantitative estimate of drug-likeness (QED) is 0.697. The molecule has 5 nitrogen and oxygen atoms in total. The number of nitrogens with one attached hydrogen (secondary N) is 1. The highest BCUT2D eigenvalue weighted by Gasteiger charge is 2.04. The Hall–Kier alpha value is -1.43. The van der Waals surface area contributed by atoms with Crippen molar-refractivity contribution in [2.75, 3.05) is 20.8 Å². The van der Waals surface area contributed by atoms with Crippen molar-refractivity contribution in [1.82, 2.24) is 5.32 Å². The molecule has 1 aromatic rings. The topological polar surface area (TPSA) is 67.8 Å². The lowest BCUT2D eigenvalue weighted by Gasteiger charge is -2.14. The minimum absolute atomic E-state index is 0.270. The number of carboxylic acid groups (broad SMARTS) is 1. The first-order chi connectivity index (χ1) is 8.17. The van der Waals surface area contributed by atoms with Crippen LogP contribution in [0.25, 0.3) is 0 Å². The summed E-state index contributed by atoms with van der Waals surface area (Å²) in [5.74, 6) is -0.914. The van der Waals surface area contributed by atoms with E-state index in [1.165, 1.54) is 0 Å². The fourth-order valence-electron chi connectivity index (χ4n) is 1.36. The van der Waals surface area contributed by atoms with Crippen LogP contribution in [0.5, 0.6) is 0 Å². The third-order valence-electron chi connectivity index (χ3n) is 2.37. The molecule has 0 aromatic heterocycles. The number of hydrogen-bond donors (Lipinski definition) is 2. The van der Waals surface area contributed by atoms with Crippen LogP contribution in [0.4, 0.5) is 0 Å². The molecule has 0 saturated heterocycles. The average Bonchev–Trinajstić information content (AvgIpc) is 2.35. The zero-order valence-corrected chi connectivity index (χ0v) is 9.97. The number of rotatable bonds is 7. The summed E-state index contributed by atoms with van der Waals surface area (Å²) in [5.41, 5.74) is 1.31. The van der Waals surface area contributed by atoms with Crippen LogP contribution in [0.15, 0.2) is 24.3 Å². The Kier molecular flexibility index (Phi) is 5.62. The molecular weight excluding hydrogens is 222 g/mol. The van der Waals surface area contributed by atoms with Gasteiger partial charge in [-0.2, -0.15) is 0 Å². The third kappa shape index (κ3) is 4.52. The van der Waals surface area contributed by atoms with E-state index in [1.807, 2.05) is 0 Å². The van der Waals surface area contributed by atoms with Crippen LogP contribution in [0.3, 0.4) is 0 Å². The Morgan fingerprint density at radius 1 is 1.29 bits per heavy atom. The number of methoxy groups -OCH3 is 2. The van der Waals surface area contributed by atoms with Crippen molar-refractivity contribution in [3.63, 3.8) is 0 Å². The van der Waals surface area contributed by atoms with Crippen LogP contribution in [0.2, 0.25) is 0 Å². The third-order valence-corrected chi connectivity index (χ3v) is 2.37. The minimum atomic E-state index is -0.914. The molecule has 1 aromatic carbocycles. The molecule has 0 aliphatic rings. The smallest absolute Gasteiger partial charge is 0.335 e. The zero-order chi connectivity index (χ0) is 12.7. The molecule has 94 valence electrons.